The van der Waals surface area contributed by atoms with Crippen molar-refractivity contribution in [3.05, 3.63) is 46.7 Å². The summed E-state index contributed by atoms with van der Waals surface area (Å²) in [5, 5.41) is 13.7. The molecule has 158 valence electrons. The lowest BCUT2D eigenvalue weighted by molar-refractivity contribution is 0.102. The Morgan fingerprint density at radius 3 is 3.07 bits per heavy atom. The van der Waals surface area contributed by atoms with Gasteiger partial charge in [-0.2, -0.15) is 0 Å². The molecule has 4 rings (SSSR count). The number of nitrogens with zero attached hydrogens (tertiary/aromatic N) is 5. The number of aromatic nitrogens is 4. The van der Waals surface area contributed by atoms with Crippen molar-refractivity contribution in [1.82, 2.24) is 24.9 Å². The van der Waals surface area contributed by atoms with Crippen LogP contribution in [0.3, 0.4) is 0 Å². The number of thiazole rings is 1. The van der Waals surface area contributed by atoms with Gasteiger partial charge in [0.2, 0.25) is 0 Å². The first-order valence-electron chi connectivity index (χ1n) is 10.1. The van der Waals surface area contributed by atoms with Gasteiger partial charge in [-0.25, -0.2) is 9.67 Å². The first kappa shape index (κ1) is 20.5. The summed E-state index contributed by atoms with van der Waals surface area (Å²) in [6.07, 6.45) is 2.53. The van der Waals surface area contributed by atoms with Crippen LogP contribution in [0, 0.1) is 12.8 Å². The highest BCUT2D eigenvalue weighted by Crippen LogP contribution is 2.22. The molecule has 0 spiro atoms. The third kappa shape index (κ3) is 4.52. The number of benzene rings is 1. The van der Waals surface area contributed by atoms with Crippen LogP contribution in [0.25, 0.3) is 5.69 Å². The second kappa shape index (κ2) is 8.93. The summed E-state index contributed by atoms with van der Waals surface area (Å²) in [5.41, 5.74) is 2.70. The Morgan fingerprint density at radius 1 is 1.40 bits per heavy atom. The van der Waals surface area contributed by atoms with Crippen LogP contribution in [-0.2, 0) is 6.54 Å². The van der Waals surface area contributed by atoms with Crippen LogP contribution in [0.2, 0.25) is 0 Å². The molecule has 1 aliphatic rings. The minimum Gasteiger partial charge on any atom is -0.497 e. The van der Waals surface area contributed by atoms with Crippen molar-refractivity contribution >= 4 is 22.4 Å². The number of likely N-dealkylation sites (tertiary alicyclic amines) is 1. The maximum atomic E-state index is 12.7. The lowest BCUT2D eigenvalue weighted by Gasteiger charge is -2.30. The van der Waals surface area contributed by atoms with Gasteiger partial charge in [-0.05, 0) is 44.4 Å². The quantitative estimate of drug-likeness (QED) is 0.649. The molecule has 9 heteroatoms. The molecule has 1 aromatic carbocycles. The van der Waals surface area contributed by atoms with Crippen LogP contribution < -0.4 is 10.1 Å². The molecule has 1 amide bonds. The molecule has 0 radical (unpaired) electrons. The average Bonchev–Trinajstić information content (AvgIpc) is 3.34. The van der Waals surface area contributed by atoms with Crippen molar-refractivity contribution in [3.63, 3.8) is 0 Å². The molecular weight excluding hydrogens is 400 g/mol. The van der Waals surface area contributed by atoms with E-state index in [0.29, 0.717) is 16.6 Å². The molecule has 0 aliphatic carbocycles. The Hall–Kier alpha value is -2.78. The molecule has 0 saturated carbocycles. The predicted octanol–water partition coefficient (Wildman–Crippen LogP) is 3.53. The Morgan fingerprint density at radius 2 is 2.27 bits per heavy atom. The van der Waals surface area contributed by atoms with Crippen LogP contribution >= 0.6 is 11.3 Å². The van der Waals surface area contributed by atoms with E-state index in [4.69, 9.17) is 4.74 Å². The van der Waals surface area contributed by atoms with Crippen molar-refractivity contribution in [2.45, 2.75) is 33.2 Å². The highest BCUT2D eigenvalue weighted by Gasteiger charge is 2.20. The zero-order chi connectivity index (χ0) is 21.1. The maximum absolute atomic E-state index is 12.7. The molecule has 1 atom stereocenters. The van der Waals surface area contributed by atoms with Crippen LogP contribution in [0.5, 0.6) is 5.75 Å². The van der Waals surface area contributed by atoms with Crippen LogP contribution in [-0.4, -0.2) is 51.0 Å². The van der Waals surface area contributed by atoms with Crippen LogP contribution in [0.15, 0.2) is 29.6 Å². The molecule has 1 N–H and O–H groups in total. The topological polar surface area (TPSA) is 85.2 Å². The van der Waals surface area contributed by atoms with E-state index in [1.54, 1.807) is 11.8 Å². The Bertz CT molecular complexity index is 1030. The van der Waals surface area contributed by atoms with E-state index in [9.17, 15) is 4.79 Å². The number of anilines is 1. The SMILES string of the molecule is COc1cccc(-n2nnc(C(=O)Nc3nc(CN4CCCC(C)C4)cs3)c2C)c1. The van der Waals surface area contributed by atoms with Crippen LogP contribution in [0.4, 0.5) is 5.13 Å². The van der Waals surface area contributed by atoms with Gasteiger partial charge in [0.25, 0.3) is 5.91 Å². The van der Waals surface area contributed by atoms with Gasteiger partial charge in [-0.1, -0.05) is 18.2 Å². The minimum absolute atomic E-state index is 0.277. The van der Waals surface area contributed by atoms with Gasteiger partial charge in [0, 0.05) is 24.5 Å². The standard InChI is InChI=1S/C21H26N6O2S/c1-14-6-5-9-26(11-14)12-16-13-30-21(22-16)23-20(28)19-15(2)27(25-24-19)17-7-4-8-18(10-17)29-3/h4,7-8,10,13-14H,5-6,9,11-12H2,1-3H3,(H,22,23,28). The molecule has 3 heterocycles. The fourth-order valence-electron chi connectivity index (χ4n) is 3.78. The Labute approximate surface area is 179 Å². The molecule has 0 bridgehead atoms. The zero-order valence-corrected chi connectivity index (χ0v) is 18.3. The number of carbonyl (C=O) groups is 1. The number of hydrogen-bond acceptors (Lipinski definition) is 7. The van der Waals surface area contributed by atoms with Gasteiger partial charge in [0.05, 0.1) is 24.2 Å². The summed E-state index contributed by atoms with van der Waals surface area (Å²) in [6.45, 7) is 7.14. The fraction of sp³-hybridized carbons (Fsp3) is 0.429. The summed E-state index contributed by atoms with van der Waals surface area (Å²) in [5.74, 6) is 1.13. The highest BCUT2D eigenvalue weighted by atomic mass is 32.1. The van der Waals surface area contributed by atoms with Crippen LogP contribution in [0.1, 0.15) is 41.6 Å². The fourth-order valence-corrected chi connectivity index (χ4v) is 4.48. The minimum atomic E-state index is -0.311. The molecule has 1 saturated heterocycles. The summed E-state index contributed by atoms with van der Waals surface area (Å²) < 4.78 is 6.89. The summed E-state index contributed by atoms with van der Waals surface area (Å²) in [4.78, 5) is 19.8. The van der Waals surface area contributed by atoms with Crippen molar-refractivity contribution < 1.29 is 9.53 Å². The smallest absolute Gasteiger partial charge is 0.279 e. The zero-order valence-electron chi connectivity index (χ0n) is 17.5. The van der Waals surface area contributed by atoms with Crippen molar-refractivity contribution in [2.24, 2.45) is 5.92 Å². The molecule has 1 aliphatic heterocycles. The number of carbonyl (C=O) groups excluding carboxylic acids is 1. The molecule has 2 aromatic heterocycles. The largest absolute Gasteiger partial charge is 0.497 e. The van der Waals surface area contributed by atoms with E-state index in [2.05, 4.69) is 32.4 Å². The number of ether oxygens (including phenoxy) is 1. The number of methoxy groups -OCH3 is 1. The van der Waals surface area contributed by atoms with E-state index in [1.807, 2.05) is 36.6 Å². The van der Waals surface area contributed by atoms with E-state index in [-0.39, 0.29) is 11.6 Å². The molecule has 1 fully saturated rings. The second-order valence-corrected chi connectivity index (χ2v) is 8.58. The van der Waals surface area contributed by atoms with Gasteiger partial charge in [0.1, 0.15) is 5.75 Å². The first-order chi connectivity index (χ1) is 14.5. The van der Waals surface area contributed by atoms with Gasteiger partial charge in [0.15, 0.2) is 10.8 Å². The lowest BCUT2D eigenvalue weighted by Crippen LogP contribution is -2.33. The third-order valence-corrected chi connectivity index (χ3v) is 6.11. The number of piperidine rings is 1. The normalized spacial score (nSPS) is 17.1. The number of hydrogen-bond donors (Lipinski definition) is 1. The summed E-state index contributed by atoms with van der Waals surface area (Å²) in [7, 11) is 1.61. The molecule has 8 nitrogen and oxygen atoms in total. The van der Waals surface area contributed by atoms with E-state index >= 15 is 0 Å². The molecule has 30 heavy (non-hydrogen) atoms. The molecule has 1 unspecified atom stereocenters. The monoisotopic (exact) mass is 426 g/mol. The highest BCUT2D eigenvalue weighted by molar-refractivity contribution is 7.13. The Balaban J connectivity index is 1.43. The molecule has 3 aromatic rings. The third-order valence-electron chi connectivity index (χ3n) is 5.31. The van der Waals surface area contributed by atoms with Crippen molar-refractivity contribution in [2.75, 3.05) is 25.5 Å². The van der Waals surface area contributed by atoms with E-state index in [0.717, 1.165) is 36.9 Å². The van der Waals surface area contributed by atoms with Gasteiger partial charge in [-0.15, -0.1) is 16.4 Å². The van der Waals surface area contributed by atoms with E-state index in [1.165, 1.54) is 24.2 Å². The number of nitrogens with one attached hydrogen (secondary N) is 1. The van der Waals surface area contributed by atoms with E-state index < -0.39 is 0 Å². The maximum Gasteiger partial charge on any atom is 0.279 e. The second-order valence-electron chi connectivity index (χ2n) is 7.72. The first-order valence-corrected chi connectivity index (χ1v) is 11.0. The van der Waals surface area contributed by atoms with Gasteiger partial charge < -0.3 is 4.74 Å². The van der Waals surface area contributed by atoms with Gasteiger partial charge >= 0.3 is 0 Å². The van der Waals surface area contributed by atoms with Gasteiger partial charge in [-0.3, -0.25) is 15.0 Å². The Kier molecular flexibility index (Phi) is 6.10. The average molecular weight is 427 g/mol. The number of rotatable bonds is 6. The molecular formula is C21H26N6O2S. The summed E-state index contributed by atoms with van der Waals surface area (Å²) in [6, 6.07) is 7.46. The van der Waals surface area contributed by atoms with Crippen molar-refractivity contribution in [1.29, 1.82) is 0 Å². The number of amides is 1. The summed E-state index contributed by atoms with van der Waals surface area (Å²) >= 11 is 1.43. The van der Waals surface area contributed by atoms with Crippen molar-refractivity contribution in [3.8, 4) is 11.4 Å². The lowest BCUT2D eigenvalue weighted by atomic mass is 10.0. The predicted molar refractivity (Wildman–Crippen MR) is 116 cm³/mol.